The number of hydrogen-bond acceptors (Lipinski definition) is 4. The first-order chi connectivity index (χ1) is 7.69. The molecule has 17 heavy (non-hydrogen) atoms. The minimum absolute atomic E-state index is 0.147. The molecular formula is C12H27N3O2. The first-order valence-corrected chi connectivity index (χ1v) is 6.10. The molecule has 0 spiro atoms. The van der Waals surface area contributed by atoms with Gasteiger partial charge in [0.15, 0.2) is 0 Å². The normalized spacial score (nSPS) is 18.6. The molecule has 0 bridgehead atoms. The zero-order valence-corrected chi connectivity index (χ0v) is 11.7. The van der Waals surface area contributed by atoms with Gasteiger partial charge in [-0.05, 0) is 26.9 Å². The van der Waals surface area contributed by atoms with Crippen LogP contribution in [0.4, 0.5) is 0 Å². The van der Waals surface area contributed by atoms with Crippen LogP contribution in [0.25, 0.3) is 0 Å². The first kappa shape index (κ1) is 16.4. The predicted octanol–water partition coefficient (Wildman–Crippen LogP) is -0.211. The van der Waals surface area contributed by atoms with Gasteiger partial charge in [0.2, 0.25) is 5.91 Å². The third-order valence-electron chi connectivity index (χ3n) is 2.86. The molecule has 4 N–H and O–H groups in total. The van der Waals surface area contributed by atoms with Crippen molar-refractivity contribution in [1.29, 1.82) is 0 Å². The minimum Gasteiger partial charge on any atom is -0.387 e. The van der Waals surface area contributed by atoms with E-state index in [-0.39, 0.29) is 18.4 Å². The summed E-state index contributed by atoms with van der Waals surface area (Å²) in [5, 5.41) is 12.7. The van der Waals surface area contributed by atoms with E-state index in [4.69, 9.17) is 5.73 Å². The summed E-state index contributed by atoms with van der Waals surface area (Å²) in [6.45, 7) is 6.35. The van der Waals surface area contributed by atoms with Crippen LogP contribution in [0.2, 0.25) is 0 Å². The van der Waals surface area contributed by atoms with Gasteiger partial charge < -0.3 is 21.1 Å². The second kappa shape index (κ2) is 6.93. The summed E-state index contributed by atoms with van der Waals surface area (Å²) in [6, 6.07) is -0.504. The number of nitrogens with two attached hydrogens (primary N) is 1. The summed E-state index contributed by atoms with van der Waals surface area (Å²) in [5.74, 6) is -0.0489. The Morgan fingerprint density at radius 2 is 2.06 bits per heavy atom. The van der Waals surface area contributed by atoms with Gasteiger partial charge in [-0.2, -0.15) is 0 Å². The Kier molecular flexibility index (Phi) is 6.67. The fourth-order valence-corrected chi connectivity index (χ4v) is 1.64. The van der Waals surface area contributed by atoms with Crippen LogP contribution in [0.15, 0.2) is 0 Å². The van der Waals surface area contributed by atoms with E-state index >= 15 is 0 Å². The fourth-order valence-electron chi connectivity index (χ4n) is 1.64. The average Bonchev–Trinajstić information content (AvgIpc) is 2.22. The van der Waals surface area contributed by atoms with Crippen molar-refractivity contribution in [2.24, 2.45) is 11.7 Å². The highest BCUT2D eigenvalue weighted by atomic mass is 16.3. The van der Waals surface area contributed by atoms with Crippen LogP contribution in [0.5, 0.6) is 0 Å². The molecule has 3 atom stereocenters. The third-order valence-corrected chi connectivity index (χ3v) is 2.86. The molecule has 0 saturated heterocycles. The van der Waals surface area contributed by atoms with Gasteiger partial charge in [-0.1, -0.05) is 20.3 Å². The maximum absolute atomic E-state index is 11.7. The topological polar surface area (TPSA) is 78.6 Å². The average molecular weight is 245 g/mol. The maximum atomic E-state index is 11.7. The van der Waals surface area contributed by atoms with Gasteiger partial charge in [0.1, 0.15) is 0 Å². The van der Waals surface area contributed by atoms with E-state index in [1.807, 2.05) is 32.8 Å². The van der Waals surface area contributed by atoms with Crippen LogP contribution in [-0.2, 0) is 4.79 Å². The number of carbonyl (C=O) groups excluding carboxylic acids is 1. The third kappa shape index (κ3) is 6.61. The zero-order valence-electron chi connectivity index (χ0n) is 11.7. The molecule has 0 aliphatic heterocycles. The van der Waals surface area contributed by atoms with Crippen molar-refractivity contribution in [3.05, 3.63) is 0 Å². The molecule has 102 valence electrons. The smallest absolute Gasteiger partial charge is 0.237 e. The van der Waals surface area contributed by atoms with Gasteiger partial charge in [0, 0.05) is 13.1 Å². The standard InChI is InChI=1S/C12H27N3O2/c1-6-9(2)10(13)11(16)14-7-12(3,17)8-15(4)5/h9-10,17H,6-8,13H2,1-5H3,(H,14,16)/t9-,10-,12?/m0/s1. The molecule has 1 amide bonds. The lowest BCUT2D eigenvalue weighted by Crippen LogP contribution is -2.52. The van der Waals surface area contributed by atoms with E-state index in [0.29, 0.717) is 6.54 Å². The Morgan fingerprint density at radius 1 is 1.53 bits per heavy atom. The molecular weight excluding hydrogens is 218 g/mol. The molecule has 5 nitrogen and oxygen atoms in total. The monoisotopic (exact) mass is 245 g/mol. The Labute approximate surface area is 104 Å². The molecule has 0 saturated carbocycles. The summed E-state index contributed by atoms with van der Waals surface area (Å²) in [6.07, 6.45) is 0.864. The SMILES string of the molecule is CC[C@H](C)[C@H](N)C(=O)NCC(C)(O)CN(C)C. The van der Waals surface area contributed by atoms with Crippen LogP contribution in [0, 0.1) is 5.92 Å². The summed E-state index contributed by atoms with van der Waals surface area (Å²) in [4.78, 5) is 13.6. The fraction of sp³-hybridized carbons (Fsp3) is 0.917. The molecule has 5 heteroatoms. The Bertz CT molecular complexity index is 242. The van der Waals surface area contributed by atoms with Gasteiger partial charge in [0.25, 0.3) is 0 Å². The summed E-state index contributed by atoms with van der Waals surface area (Å²) < 4.78 is 0. The van der Waals surface area contributed by atoms with Crippen molar-refractivity contribution in [2.45, 2.75) is 38.8 Å². The van der Waals surface area contributed by atoms with Crippen molar-refractivity contribution >= 4 is 5.91 Å². The van der Waals surface area contributed by atoms with Gasteiger partial charge in [-0.3, -0.25) is 4.79 Å². The van der Waals surface area contributed by atoms with Gasteiger partial charge in [0.05, 0.1) is 11.6 Å². The molecule has 0 fully saturated rings. The predicted molar refractivity (Wildman–Crippen MR) is 69.6 cm³/mol. The molecule has 0 aromatic carbocycles. The molecule has 0 aromatic rings. The zero-order chi connectivity index (χ0) is 13.6. The Balaban J connectivity index is 4.15. The quantitative estimate of drug-likeness (QED) is 0.580. The molecule has 0 heterocycles. The molecule has 0 aliphatic carbocycles. The van der Waals surface area contributed by atoms with E-state index in [1.54, 1.807) is 6.92 Å². The number of likely N-dealkylation sites (N-methyl/N-ethyl adjacent to an activating group) is 1. The van der Waals surface area contributed by atoms with Crippen molar-refractivity contribution < 1.29 is 9.90 Å². The number of carbonyl (C=O) groups is 1. The second-order valence-corrected chi connectivity index (χ2v) is 5.36. The summed E-state index contributed by atoms with van der Waals surface area (Å²) >= 11 is 0. The van der Waals surface area contributed by atoms with Crippen molar-refractivity contribution in [3.63, 3.8) is 0 Å². The van der Waals surface area contributed by atoms with E-state index < -0.39 is 11.6 Å². The maximum Gasteiger partial charge on any atom is 0.237 e. The first-order valence-electron chi connectivity index (χ1n) is 6.10. The lowest BCUT2D eigenvalue weighted by molar-refractivity contribution is -0.124. The van der Waals surface area contributed by atoms with Gasteiger partial charge in [-0.25, -0.2) is 0 Å². The largest absolute Gasteiger partial charge is 0.387 e. The van der Waals surface area contributed by atoms with Crippen LogP contribution >= 0.6 is 0 Å². The van der Waals surface area contributed by atoms with E-state index in [9.17, 15) is 9.90 Å². The van der Waals surface area contributed by atoms with E-state index in [2.05, 4.69) is 5.32 Å². The molecule has 0 rings (SSSR count). The number of rotatable bonds is 7. The highest BCUT2D eigenvalue weighted by Crippen LogP contribution is 2.06. The van der Waals surface area contributed by atoms with E-state index in [1.165, 1.54) is 0 Å². The number of amides is 1. The second-order valence-electron chi connectivity index (χ2n) is 5.36. The van der Waals surface area contributed by atoms with E-state index in [0.717, 1.165) is 6.42 Å². The number of hydrogen-bond donors (Lipinski definition) is 3. The van der Waals surface area contributed by atoms with Gasteiger partial charge in [-0.15, -0.1) is 0 Å². The molecule has 0 radical (unpaired) electrons. The lowest BCUT2D eigenvalue weighted by atomic mass is 9.99. The lowest BCUT2D eigenvalue weighted by Gasteiger charge is -2.28. The van der Waals surface area contributed by atoms with Crippen LogP contribution in [0.1, 0.15) is 27.2 Å². The number of nitrogens with zero attached hydrogens (tertiary/aromatic N) is 1. The van der Waals surface area contributed by atoms with Crippen LogP contribution < -0.4 is 11.1 Å². The van der Waals surface area contributed by atoms with Crippen molar-refractivity contribution in [2.75, 3.05) is 27.2 Å². The Hall–Kier alpha value is -0.650. The molecule has 0 aliphatic rings. The highest BCUT2D eigenvalue weighted by Gasteiger charge is 2.25. The summed E-state index contributed by atoms with van der Waals surface area (Å²) in [5.41, 5.74) is 4.86. The van der Waals surface area contributed by atoms with Gasteiger partial charge >= 0.3 is 0 Å². The number of aliphatic hydroxyl groups is 1. The molecule has 1 unspecified atom stereocenters. The summed E-state index contributed by atoms with van der Waals surface area (Å²) in [7, 11) is 3.75. The van der Waals surface area contributed by atoms with Crippen LogP contribution in [0.3, 0.4) is 0 Å². The molecule has 0 aromatic heterocycles. The number of nitrogens with one attached hydrogen (secondary N) is 1. The van der Waals surface area contributed by atoms with Crippen LogP contribution in [-0.4, -0.2) is 54.7 Å². The minimum atomic E-state index is -0.936. The Morgan fingerprint density at radius 3 is 2.47 bits per heavy atom. The highest BCUT2D eigenvalue weighted by molar-refractivity contribution is 5.81. The van der Waals surface area contributed by atoms with Crippen molar-refractivity contribution in [3.8, 4) is 0 Å². The van der Waals surface area contributed by atoms with Crippen molar-refractivity contribution in [1.82, 2.24) is 10.2 Å².